The van der Waals surface area contributed by atoms with Crippen molar-refractivity contribution in [2.45, 2.75) is 44.4 Å². The number of aromatic nitrogens is 1. The van der Waals surface area contributed by atoms with E-state index in [0.29, 0.717) is 41.9 Å². The number of thiazole rings is 1. The average molecular weight is 549 g/mol. The summed E-state index contributed by atoms with van der Waals surface area (Å²) in [6.07, 6.45) is 3.87. The lowest BCUT2D eigenvalue weighted by atomic mass is 10.2. The third kappa shape index (κ3) is 6.08. The minimum absolute atomic E-state index is 0.203. The lowest BCUT2D eigenvalue weighted by Crippen LogP contribution is -2.39. The third-order valence-corrected chi connectivity index (χ3v) is 9.84. The number of halogens is 1. The van der Waals surface area contributed by atoms with Crippen LogP contribution in [0.2, 0.25) is 5.02 Å². The van der Waals surface area contributed by atoms with Gasteiger partial charge >= 0.3 is 0 Å². The number of hydrogen-bond acceptors (Lipinski definition) is 6. The Kier molecular flexibility index (Phi) is 9.00. The predicted molar refractivity (Wildman–Crippen MR) is 148 cm³/mol. The molecule has 1 aliphatic heterocycles. The molecule has 0 atom stereocenters. The second kappa shape index (κ2) is 12.0. The summed E-state index contributed by atoms with van der Waals surface area (Å²) in [6, 6.07) is 11.8. The van der Waals surface area contributed by atoms with Crippen LogP contribution in [0.1, 0.15) is 49.9 Å². The van der Waals surface area contributed by atoms with Gasteiger partial charge in [0.15, 0.2) is 5.13 Å². The van der Waals surface area contributed by atoms with Crippen LogP contribution in [-0.2, 0) is 10.0 Å². The second-order valence-electron chi connectivity index (χ2n) is 8.93. The zero-order valence-corrected chi connectivity index (χ0v) is 23.2. The number of likely N-dealkylation sites (N-methyl/N-ethyl adjacent to an activating group) is 1. The first-order valence-corrected chi connectivity index (χ1v) is 15.2. The minimum atomic E-state index is -3.57. The van der Waals surface area contributed by atoms with Crippen molar-refractivity contribution in [1.29, 1.82) is 0 Å². The van der Waals surface area contributed by atoms with E-state index in [9.17, 15) is 13.2 Å². The molecule has 7 nitrogen and oxygen atoms in total. The number of carbonyl (C=O) groups is 1. The van der Waals surface area contributed by atoms with E-state index in [1.807, 2.05) is 12.1 Å². The standard InChI is InChI=1S/C26H33ClN4O3S2/c1-3-29(4-2)17-18-31(26-28-23-14-11-21(27)19-24(23)35-26)25(32)20-9-12-22(13-10-20)36(33,34)30-15-7-5-6-8-16-30/h9-14,19H,3-8,15-18H2,1-2H3. The van der Waals surface area contributed by atoms with Crippen LogP contribution in [0, 0.1) is 0 Å². The van der Waals surface area contributed by atoms with Crippen molar-refractivity contribution in [2.24, 2.45) is 0 Å². The van der Waals surface area contributed by atoms with Gasteiger partial charge in [0.2, 0.25) is 10.0 Å². The Morgan fingerprint density at radius 1 is 1.00 bits per heavy atom. The van der Waals surface area contributed by atoms with E-state index < -0.39 is 10.0 Å². The van der Waals surface area contributed by atoms with Gasteiger partial charge in [-0.3, -0.25) is 9.69 Å². The molecule has 0 aliphatic carbocycles. The lowest BCUT2D eigenvalue weighted by molar-refractivity contribution is 0.0983. The topological polar surface area (TPSA) is 73.8 Å². The molecule has 2 heterocycles. The highest BCUT2D eigenvalue weighted by atomic mass is 35.5. The molecule has 3 aromatic rings. The molecule has 0 radical (unpaired) electrons. The average Bonchev–Trinajstić information content (AvgIpc) is 3.09. The highest BCUT2D eigenvalue weighted by Gasteiger charge is 2.27. The highest BCUT2D eigenvalue weighted by Crippen LogP contribution is 2.32. The van der Waals surface area contributed by atoms with Crippen LogP contribution in [0.15, 0.2) is 47.4 Å². The summed E-state index contributed by atoms with van der Waals surface area (Å²) in [5.74, 6) is -0.203. The maximum atomic E-state index is 13.7. The number of nitrogens with zero attached hydrogens (tertiary/aromatic N) is 4. The van der Waals surface area contributed by atoms with Gasteiger partial charge in [-0.15, -0.1) is 0 Å². The van der Waals surface area contributed by atoms with Crippen LogP contribution in [0.4, 0.5) is 5.13 Å². The first-order valence-electron chi connectivity index (χ1n) is 12.5. The Bertz CT molecular complexity index is 1280. The summed E-state index contributed by atoms with van der Waals surface area (Å²) in [7, 11) is -3.57. The fraction of sp³-hybridized carbons (Fsp3) is 0.462. The molecular formula is C26H33ClN4O3S2. The first kappa shape index (κ1) is 27.0. The lowest BCUT2D eigenvalue weighted by Gasteiger charge is -2.25. The zero-order valence-electron chi connectivity index (χ0n) is 20.8. The molecule has 0 spiro atoms. The maximum absolute atomic E-state index is 13.7. The van der Waals surface area contributed by atoms with Gasteiger partial charge in [-0.05, 0) is 68.4 Å². The van der Waals surface area contributed by atoms with E-state index in [1.165, 1.54) is 11.3 Å². The summed E-state index contributed by atoms with van der Waals surface area (Å²) in [4.78, 5) is 22.5. The molecule has 1 saturated heterocycles. The fourth-order valence-corrected chi connectivity index (χ4v) is 7.21. The van der Waals surface area contributed by atoms with Crippen molar-refractivity contribution >= 4 is 54.2 Å². The predicted octanol–water partition coefficient (Wildman–Crippen LogP) is 5.50. The van der Waals surface area contributed by atoms with E-state index >= 15 is 0 Å². The number of rotatable bonds is 9. The van der Waals surface area contributed by atoms with Gasteiger partial charge in [-0.2, -0.15) is 4.31 Å². The minimum Gasteiger partial charge on any atom is -0.302 e. The summed E-state index contributed by atoms with van der Waals surface area (Å²) >= 11 is 7.59. The number of benzene rings is 2. The van der Waals surface area contributed by atoms with Crippen LogP contribution in [0.25, 0.3) is 10.2 Å². The maximum Gasteiger partial charge on any atom is 0.260 e. The molecule has 1 aliphatic rings. The van der Waals surface area contributed by atoms with Gasteiger partial charge < -0.3 is 4.90 Å². The van der Waals surface area contributed by atoms with E-state index in [4.69, 9.17) is 16.6 Å². The van der Waals surface area contributed by atoms with Gasteiger partial charge in [0.05, 0.1) is 15.1 Å². The number of sulfonamides is 1. The van der Waals surface area contributed by atoms with Crippen LogP contribution >= 0.6 is 22.9 Å². The normalized spacial score (nSPS) is 15.3. The largest absolute Gasteiger partial charge is 0.302 e. The SMILES string of the molecule is CCN(CC)CCN(C(=O)c1ccc(S(=O)(=O)N2CCCCCC2)cc1)c1nc2ccc(Cl)cc2s1. The van der Waals surface area contributed by atoms with Crippen molar-refractivity contribution in [3.8, 4) is 0 Å². The Morgan fingerprint density at radius 3 is 2.31 bits per heavy atom. The van der Waals surface area contributed by atoms with E-state index in [0.717, 1.165) is 49.0 Å². The van der Waals surface area contributed by atoms with E-state index in [-0.39, 0.29) is 10.8 Å². The number of anilines is 1. The molecule has 0 bridgehead atoms. The zero-order chi connectivity index (χ0) is 25.7. The van der Waals surface area contributed by atoms with Crippen molar-refractivity contribution < 1.29 is 13.2 Å². The Balaban J connectivity index is 1.61. The van der Waals surface area contributed by atoms with Gasteiger partial charge in [0.25, 0.3) is 5.91 Å². The van der Waals surface area contributed by atoms with Crippen molar-refractivity contribution in [2.75, 3.05) is 44.2 Å². The van der Waals surface area contributed by atoms with Crippen LogP contribution in [-0.4, -0.2) is 67.8 Å². The summed E-state index contributed by atoms with van der Waals surface area (Å²) in [5, 5.41) is 1.23. The highest BCUT2D eigenvalue weighted by molar-refractivity contribution is 7.89. The van der Waals surface area contributed by atoms with Crippen LogP contribution < -0.4 is 4.90 Å². The monoisotopic (exact) mass is 548 g/mol. The van der Waals surface area contributed by atoms with Gasteiger partial charge in [-0.25, -0.2) is 13.4 Å². The quantitative estimate of drug-likeness (QED) is 0.353. The molecule has 1 aromatic heterocycles. The smallest absolute Gasteiger partial charge is 0.260 e. The summed E-state index contributed by atoms with van der Waals surface area (Å²) in [5.41, 5.74) is 1.22. The van der Waals surface area contributed by atoms with Gasteiger partial charge in [0.1, 0.15) is 0 Å². The van der Waals surface area contributed by atoms with Gasteiger partial charge in [0, 0.05) is 36.8 Å². The molecule has 1 amide bonds. The van der Waals surface area contributed by atoms with E-state index in [2.05, 4.69) is 18.7 Å². The van der Waals surface area contributed by atoms with Crippen molar-refractivity contribution in [1.82, 2.24) is 14.2 Å². The van der Waals surface area contributed by atoms with Crippen LogP contribution in [0.3, 0.4) is 0 Å². The molecule has 10 heteroatoms. The number of hydrogen-bond donors (Lipinski definition) is 0. The molecule has 0 N–H and O–H groups in total. The summed E-state index contributed by atoms with van der Waals surface area (Å²) in [6.45, 7) is 8.23. The summed E-state index contributed by atoms with van der Waals surface area (Å²) < 4.78 is 28.8. The molecule has 36 heavy (non-hydrogen) atoms. The van der Waals surface area contributed by atoms with Crippen molar-refractivity contribution in [3.63, 3.8) is 0 Å². The third-order valence-electron chi connectivity index (χ3n) is 6.65. The molecule has 4 rings (SSSR count). The fourth-order valence-electron chi connectivity index (χ4n) is 4.42. The molecule has 194 valence electrons. The van der Waals surface area contributed by atoms with Gasteiger partial charge in [-0.1, -0.05) is 49.6 Å². The second-order valence-corrected chi connectivity index (χ2v) is 12.3. The van der Waals surface area contributed by atoms with Crippen LogP contribution in [0.5, 0.6) is 0 Å². The van der Waals surface area contributed by atoms with Crippen molar-refractivity contribution in [3.05, 3.63) is 53.1 Å². The molecule has 0 saturated carbocycles. The number of carbonyl (C=O) groups excluding carboxylic acids is 1. The Labute approximate surface area is 222 Å². The molecule has 0 unspecified atom stereocenters. The number of amides is 1. The molecular weight excluding hydrogens is 516 g/mol. The molecule has 2 aromatic carbocycles. The first-order chi connectivity index (χ1) is 17.3. The molecule has 1 fully saturated rings. The van der Waals surface area contributed by atoms with E-state index in [1.54, 1.807) is 39.5 Å². The Hall–Kier alpha value is -2.04. The number of fused-ring (bicyclic) bond motifs is 1. The Morgan fingerprint density at radius 2 is 1.67 bits per heavy atom.